The van der Waals surface area contributed by atoms with Crippen molar-refractivity contribution < 1.29 is 18.7 Å². The number of halogens is 2. The molecule has 0 saturated carbocycles. The van der Waals surface area contributed by atoms with Gasteiger partial charge < -0.3 is 15.0 Å². The summed E-state index contributed by atoms with van der Waals surface area (Å²) >= 11 is 3.30. The number of ketones is 1. The lowest BCUT2D eigenvalue weighted by molar-refractivity contribution is 0.0592. The Morgan fingerprint density at radius 1 is 1.21 bits per heavy atom. The van der Waals surface area contributed by atoms with Gasteiger partial charge in [-0.25, -0.2) is 9.18 Å². The van der Waals surface area contributed by atoms with Crippen LogP contribution in [0.5, 0.6) is 0 Å². The number of methoxy groups -OCH3 is 1. The molecule has 0 saturated heterocycles. The first-order valence-electron chi connectivity index (χ1n) is 7.97. The highest BCUT2D eigenvalue weighted by molar-refractivity contribution is 9.10. The fourth-order valence-corrected chi connectivity index (χ4v) is 3.16. The van der Waals surface area contributed by atoms with Crippen LogP contribution in [0.15, 0.2) is 53.1 Å². The van der Waals surface area contributed by atoms with Crippen molar-refractivity contribution in [2.75, 3.05) is 12.8 Å². The molecule has 1 heterocycles. The lowest BCUT2D eigenvalue weighted by atomic mass is 10.0. The second-order valence-electron chi connectivity index (χ2n) is 5.75. The van der Waals surface area contributed by atoms with Crippen LogP contribution in [-0.2, 0) is 4.74 Å². The summed E-state index contributed by atoms with van der Waals surface area (Å²) in [5.41, 5.74) is 6.06. The Morgan fingerprint density at radius 2 is 1.93 bits per heavy atom. The van der Waals surface area contributed by atoms with Gasteiger partial charge in [0.25, 0.3) is 0 Å². The van der Waals surface area contributed by atoms with Gasteiger partial charge in [0.1, 0.15) is 11.9 Å². The first-order valence-corrected chi connectivity index (χ1v) is 8.76. The molecule has 28 heavy (non-hydrogen) atoms. The zero-order valence-electron chi connectivity index (χ0n) is 14.6. The van der Waals surface area contributed by atoms with Crippen LogP contribution in [0.25, 0.3) is 5.69 Å². The fraction of sp³-hybridized carbons (Fsp3) is 0.0500. The smallest absolute Gasteiger partial charge is 0.357 e. The number of nitrogens with zero attached hydrogens (tertiary/aromatic N) is 2. The van der Waals surface area contributed by atoms with Crippen LogP contribution in [0.3, 0.4) is 0 Å². The van der Waals surface area contributed by atoms with Gasteiger partial charge in [-0.05, 0) is 30.3 Å². The van der Waals surface area contributed by atoms with Crippen molar-refractivity contribution in [1.82, 2.24) is 4.57 Å². The van der Waals surface area contributed by atoms with Crippen LogP contribution in [-0.4, -0.2) is 23.4 Å². The standard InChI is InChI=1S/C20H13BrFN3O3/c1-28-20(27)18-17(24)11(9-23)10-25(18)16-7-6-12(21)8-14(16)19(26)13-4-2-3-5-15(13)22/h2-8,10H,24H2,1H3. The summed E-state index contributed by atoms with van der Waals surface area (Å²) in [7, 11) is 1.18. The van der Waals surface area contributed by atoms with Gasteiger partial charge in [-0.15, -0.1) is 0 Å². The molecule has 2 N–H and O–H groups in total. The van der Waals surface area contributed by atoms with Crippen molar-refractivity contribution in [2.45, 2.75) is 0 Å². The molecular formula is C20H13BrFN3O3. The van der Waals surface area contributed by atoms with Gasteiger partial charge in [0.15, 0.2) is 11.5 Å². The lowest BCUT2D eigenvalue weighted by Gasteiger charge is -2.14. The minimum Gasteiger partial charge on any atom is -0.464 e. The van der Waals surface area contributed by atoms with Crippen LogP contribution in [0, 0.1) is 17.1 Å². The summed E-state index contributed by atoms with van der Waals surface area (Å²) < 4.78 is 20.8. The fourth-order valence-electron chi connectivity index (χ4n) is 2.80. The number of rotatable bonds is 4. The van der Waals surface area contributed by atoms with Gasteiger partial charge in [0, 0.05) is 16.2 Å². The average molecular weight is 442 g/mol. The quantitative estimate of drug-likeness (QED) is 0.489. The molecule has 0 amide bonds. The molecule has 8 heteroatoms. The molecule has 3 aromatic rings. The third-order valence-corrected chi connectivity index (χ3v) is 4.62. The molecule has 3 rings (SSSR count). The van der Waals surface area contributed by atoms with Gasteiger partial charge in [-0.1, -0.05) is 28.1 Å². The van der Waals surface area contributed by atoms with E-state index in [1.165, 1.54) is 42.1 Å². The molecule has 0 aliphatic heterocycles. The predicted molar refractivity (Wildman–Crippen MR) is 104 cm³/mol. The minimum atomic E-state index is -0.772. The average Bonchev–Trinajstić information content (AvgIpc) is 3.03. The zero-order chi connectivity index (χ0) is 20.4. The minimum absolute atomic E-state index is 0.0487. The molecule has 0 aliphatic rings. The number of carbonyl (C=O) groups is 2. The van der Waals surface area contributed by atoms with Crippen LogP contribution < -0.4 is 5.73 Å². The van der Waals surface area contributed by atoms with Gasteiger partial charge in [-0.3, -0.25) is 4.79 Å². The number of nitrogen functional groups attached to an aromatic ring is 1. The number of esters is 1. The normalized spacial score (nSPS) is 10.4. The third kappa shape index (κ3) is 3.28. The Balaban J connectivity index is 2.29. The van der Waals surface area contributed by atoms with Crippen molar-refractivity contribution >= 4 is 33.4 Å². The Morgan fingerprint density at radius 3 is 2.57 bits per heavy atom. The molecule has 0 fully saturated rings. The van der Waals surface area contributed by atoms with Crippen molar-refractivity contribution in [3.05, 3.63) is 81.3 Å². The van der Waals surface area contributed by atoms with E-state index in [4.69, 9.17) is 10.5 Å². The molecule has 0 unspecified atom stereocenters. The topological polar surface area (TPSA) is 98.1 Å². The van der Waals surface area contributed by atoms with E-state index in [1.54, 1.807) is 18.2 Å². The van der Waals surface area contributed by atoms with E-state index in [1.807, 2.05) is 6.07 Å². The third-order valence-electron chi connectivity index (χ3n) is 4.12. The molecule has 0 aliphatic carbocycles. The summed E-state index contributed by atoms with van der Waals surface area (Å²) in [6, 6.07) is 12.2. The monoisotopic (exact) mass is 441 g/mol. The highest BCUT2D eigenvalue weighted by Gasteiger charge is 2.25. The number of nitrogens with two attached hydrogens (primary N) is 1. The van der Waals surface area contributed by atoms with E-state index in [0.29, 0.717) is 4.47 Å². The SMILES string of the molecule is COC(=O)c1c(N)c(C#N)cn1-c1ccc(Br)cc1C(=O)c1ccccc1F. The number of aromatic nitrogens is 1. The van der Waals surface area contributed by atoms with Crippen molar-refractivity contribution in [1.29, 1.82) is 5.26 Å². The van der Waals surface area contributed by atoms with E-state index in [0.717, 1.165) is 0 Å². The zero-order valence-corrected chi connectivity index (χ0v) is 16.2. The first-order chi connectivity index (χ1) is 13.4. The van der Waals surface area contributed by atoms with E-state index in [2.05, 4.69) is 15.9 Å². The summed E-state index contributed by atoms with van der Waals surface area (Å²) in [4.78, 5) is 25.3. The van der Waals surface area contributed by atoms with E-state index in [-0.39, 0.29) is 33.8 Å². The maximum atomic E-state index is 14.2. The van der Waals surface area contributed by atoms with E-state index < -0.39 is 17.6 Å². The molecule has 0 atom stereocenters. The number of nitriles is 1. The molecule has 140 valence electrons. The maximum absolute atomic E-state index is 14.2. The summed E-state index contributed by atoms with van der Waals surface area (Å²) in [6.45, 7) is 0. The lowest BCUT2D eigenvalue weighted by Crippen LogP contribution is -2.14. The van der Waals surface area contributed by atoms with Crippen molar-refractivity contribution in [2.24, 2.45) is 0 Å². The number of hydrogen-bond acceptors (Lipinski definition) is 5. The molecule has 0 bridgehead atoms. The number of carbonyl (C=O) groups excluding carboxylic acids is 2. The molecule has 0 radical (unpaired) electrons. The second-order valence-corrected chi connectivity index (χ2v) is 6.66. The van der Waals surface area contributed by atoms with Gasteiger partial charge in [-0.2, -0.15) is 5.26 Å². The number of benzene rings is 2. The highest BCUT2D eigenvalue weighted by atomic mass is 79.9. The van der Waals surface area contributed by atoms with Gasteiger partial charge >= 0.3 is 5.97 Å². The Kier molecular flexibility index (Phi) is 5.29. The highest BCUT2D eigenvalue weighted by Crippen LogP contribution is 2.29. The number of ether oxygens (including phenoxy) is 1. The van der Waals surface area contributed by atoms with E-state index in [9.17, 15) is 19.2 Å². The van der Waals surface area contributed by atoms with Crippen LogP contribution in [0.4, 0.5) is 10.1 Å². The van der Waals surface area contributed by atoms with Crippen molar-refractivity contribution in [3.8, 4) is 11.8 Å². The van der Waals surface area contributed by atoms with Gasteiger partial charge in [0.2, 0.25) is 0 Å². The van der Waals surface area contributed by atoms with Crippen LogP contribution >= 0.6 is 15.9 Å². The number of hydrogen-bond donors (Lipinski definition) is 1. The largest absolute Gasteiger partial charge is 0.464 e. The van der Waals surface area contributed by atoms with Crippen LogP contribution in [0.2, 0.25) is 0 Å². The van der Waals surface area contributed by atoms with Crippen molar-refractivity contribution in [3.63, 3.8) is 0 Å². The molecule has 2 aromatic carbocycles. The summed E-state index contributed by atoms with van der Waals surface area (Å²) in [5, 5.41) is 9.28. The maximum Gasteiger partial charge on any atom is 0.357 e. The summed E-state index contributed by atoms with van der Waals surface area (Å²) in [5.74, 6) is -2.03. The predicted octanol–water partition coefficient (Wildman–Crippen LogP) is 3.85. The second kappa shape index (κ2) is 7.66. The molecule has 0 spiro atoms. The molecule has 1 aromatic heterocycles. The number of anilines is 1. The van der Waals surface area contributed by atoms with Gasteiger partial charge in [0.05, 0.1) is 29.6 Å². The molecule has 6 nitrogen and oxygen atoms in total. The van der Waals surface area contributed by atoms with E-state index >= 15 is 0 Å². The van der Waals surface area contributed by atoms with Crippen LogP contribution in [0.1, 0.15) is 32.0 Å². The molecular weight excluding hydrogens is 429 g/mol. The summed E-state index contributed by atoms with van der Waals surface area (Å²) in [6.07, 6.45) is 1.34. The Labute approximate surface area is 168 Å². The Hall–Kier alpha value is -3.44. The first kappa shape index (κ1) is 19.3. The Bertz CT molecular complexity index is 1150.